The molecular weight excluding hydrogens is 437 g/mol. The van der Waals surface area contributed by atoms with Gasteiger partial charge in [-0.2, -0.15) is 18.3 Å². The lowest BCUT2D eigenvalue weighted by molar-refractivity contribution is -0.142. The van der Waals surface area contributed by atoms with Crippen LogP contribution in [0.1, 0.15) is 83.7 Å². The minimum Gasteiger partial charge on any atom is -0.297 e. The summed E-state index contributed by atoms with van der Waals surface area (Å²) < 4.78 is 40.2. The molecule has 188 valence electrons. The fourth-order valence-corrected chi connectivity index (χ4v) is 9.64. The van der Waals surface area contributed by atoms with Crippen molar-refractivity contribution in [3.8, 4) is 0 Å². The second-order valence-electron chi connectivity index (χ2n) is 13.0. The number of alkyl halides is 3. The summed E-state index contributed by atoms with van der Waals surface area (Å²) in [6, 6.07) is 0.980. The molecule has 5 aliphatic rings. The molecular formula is C28H39F3N2O. The maximum absolute atomic E-state index is 13.6. The lowest BCUT2D eigenvalue weighted by Gasteiger charge is -2.57. The smallest absolute Gasteiger partial charge is 0.297 e. The van der Waals surface area contributed by atoms with E-state index >= 15 is 0 Å². The van der Waals surface area contributed by atoms with Crippen LogP contribution in [-0.2, 0) is 17.5 Å². The highest BCUT2D eigenvalue weighted by Gasteiger charge is 2.63. The molecule has 34 heavy (non-hydrogen) atoms. The number of ketones is 1. The van der Waals surface area contributed by atoms with Crippen molar-refractivity contribution < 1.29 is 18.0 Å². The van der Waals surface area contributed by atoms with E-state index in [-0.39, 0.29) is 23.7 Å². The molecule has 1 heterocycles. The highest BCUT2D eigenvalue weighted by molar-refractivity contribution is 5.82. The predicted octanol–water partition coefficient (Wildman–Crippen LogP) is 7.01. The third-order valence-corrected chi connectivity index (χ3v) is 11.1. The van der Waals surface area contributed by atoms with Gasteiger partial charge in [-0.3, -0.25) is 9.48 Å². The molecule has 0 aliphatic heterocycles. The van der Waals surface area contributed by atoms with Gasteiger partial charge in [0.05, 0.1) is 6.54 Å². The topological polar surface area (TPSA) is 34.9 Å². The first kappa shape index (κ1) is 23.1. The predicted molar refractivity (Wildman–Crippen MR) is 124 cm³/mol. The van der Waals surface area contributed by atoms with Crippen LogP contribution in [0.5, 0.6) is 0 Å². The molecule has 5 aliphatic carbocycles. The Hall–Kier alpha value is -1.33. The van der Waals surface area contributed by atoms with Crippen LogP contribution in [-0.4, -0.2) is 15.6 Å². The summed E-state index contributed by atoms with van der Waals surface area (Å²) in [5.41, 5.74) is -0.911. The number of halogens is 3. The summed E-state index contributed by atoms with van der Waals surface area (Å²) in [7, 11) is 0. The second kappa shape index (κ2) is 8.09. The molecule has 6 heteroatoms. The van der Waals surface area contributed by atoms with Crippen molar-refractivity contribution in [1.82, 2.24) is 9.78 Å². The fourth-order valence-electron chi connectivity index (χ4n) is 9.64. The van der Waals surface area contributed by atoms with Gasteiger partial charge in [-0.25, -0.2) is 0 Å². The number of fused-ring (bicyclic) bond motifs is 5. The number of hydrogen-bond acceptors (Lipinski definition) is 2. The Morgan fingerprint density at radius 3 is 2.44 bits per heavy atom. The van der Waals surface area contributed by atoms with E-state index in [0.717, 1.165) is 54.4 Å². The van der Waals surface area contributed by atoms with Gasteiger partial charge in [0.1, 0.15) is 0 Å². The van der Waals surface area contributed by atoms with E-state index in [2.05, 4.69) is 18.9 Å². The van der Waals surface area contributed by atoms with Crippen LogP contribution >= 0.6 is 0 Å². The van der Waals surface area contributed by atoms with Gasteiger partial charge in [0, 0.05) is 12.1 Å². The standard InChI is InChI=1S/C28H39F3N2O/c1-16-3-7-19-18(13-16)6-8-21-20(19)9-11-27(2)23(14-22(26(21)27)17-4-5-17)24(34)15-33-12-10-25(32-33)28(29,30)31/h10,12,16-23,26H,3-9,11,13-15H2,1-2H3/t16-,18+,19-,20?,21+,22-,23+,26+,27+/m0/s1. The Labute approximate surface area is 201 Å². The third kappa shape index (κ3) is 3.77. The highest BCUT2D eigenvalue weighted by Crippen LogP contribution is 2.69. The molecule has 1 unspecified atom stereocenters. The average molecular weight is 477 g/mol. The van der Waals surface area contributed by atoms with Crippen molar-refractivity contribution in [1.29, 1.82) is 0 Å². The number of aromatic nitrogens is 2. The number of carbonyl (C=O) groups is 1. The lowest BCUT2D eigenvalue weighted by atomic mass is 9.48. The van der Waals surface area contributed by atoms with Gasteiger partial charge in [-0.1, -0.05) is 20.3 Å². The number of rotatable bonds is 4. The first-order valence-corrected chi connectivity index (χ1v) is 13.8. The maximum Gasteiger partial charge on any atom is 0.435 e. The molecule has 3 nitrogen and oxygen atoms in total. The van der Waals surface area contributed by atoms with Crippen LogP contribution in [0.2, 0.25) is 0 Å². The van der Waals surface area contributed by atoms with Crippen molar-refractivity contribution in [3.05, 3.63) is 18.0 Å². The van der Waals surface area contributed by atoms with Crippen molar-refractivity contribution >= 4 is 5.78 Å². The lowest BCUT2D eigenvalue weighted by Crippen LogP contribution is -2.50. The van der Waals surface area contributed by atoms with E-state index in [1.54, 1.807) is 0 Å². The average Bonchev–Trinajstić information content (AvgIpc) is 3.41. The number of hydrogen-bond donors (Lipinski definition) is 0. The minimum absolute atomic E-state index is 0.000309. The summed E-state index contributed by atoms with van der Waals surface area (Å²) in [5, 5.41) is 3.67. The molecule has 6 rings (SSSR count). The molecule has 0 radical (unpaired) electrons. The zero-order chi connectivity index (χ0) is 23.8. The quantitative estimate of drug-likeness (QED) is 0.468. The van der Waals surface area contributed by atoms with Gasteiger partial charge >= 0.3 is 6.18 Å². The van der Waals surface area contributed by atoms with Gasteiger partial charge in [0.2, 0.25) is 0 Å². The first-order chi connectivity index (χ1) is 16.1. The van der Waals surface area contributed by atoms with Crippen LogP contribution in [0.3, 0.4) is 0 Å². The first-order valence-electron chi connectivity index (χ1n) is 13.8. The van der Waals surface area contributed by atoms with Crippen molar-refractivity contribution in [2.24, 2.45) is 58.7 Å². The van der Waals surface area contributed by atoms with Crippen LogP contribution in [0.15, 0.2) is 12.3 Å². The molecule has 0 aromatic carbocycles. The molecule has 1 aromatic heterocycles. The molecule has 0 spiro atoms. The molecule has 1 aromatic rings. The maximum atomic E-state index is 13.6. The molecule has 0 saturated heterocycles. The van der Waals surface area contributed by atoms with E-state index in [1.807, 2.05) is 0 Å². The Morgan fingerprint density at radius 1 is 1.00 bits per heavy atom. The molecule has 5 fully saturated rings. The van der Waals surface area contributed by atoms with Gasteiger partial charge in [0.15, 0.2) is 11.5 Å². The fraction of sp³-hybridized carbons (Fsp3) is 0.857. The molecule has 0 bridgehead atoms. The Kier molecular flexibility index (Phi) is 5.50. The van der Waals surface area contributed by atoms with Gasteiger partial charge in [-0.15, -0.1) is 0 Å². The number of carbonyl (C=O) groups excluding carboxylic acids is 1. The van der Waals surface area contributed by atoms with E-state index in [9.17, 15) is 18.0 Å². The van der Waals surface area contributed by atoms with Crippen molar-refractivity contribution in [3.63, 3.8) is 0 Å². The summed E-state index contributed by atoms with van der Waals surface area (Å²) >= 11 is 0. The second-order valence-corrected chi connectivity index (χ2v) is 13.0. The normalized spacial score (nSPS) is 44.3. The van der Waals surface area contributed by atoms with Crippen molar-refractivity contribution in [2.45, 2.75) is 90.8 Å². The third-order valence-electron chi connectivity index (χ3n) is 11.1. The Bertz CT molecular complexity index is 936. The van der Waals surface area contributed by atoms with Crippen LogP contribution in [0.4, 0.5) is 13.2 Å². The van der Waals surface area contributed by atoms with Gasteiger partial charge in [0.25, 0.3) is 0 Å². The number of nitrogens with zero attached hydrogens (tertiary/aromatic N) is 2. The highest BCUT2D eigenvalue weighted by atomic mass is 19.4. The van der Waals surface area contributed by atoms with Gasteiger partial charge < -0.3 is 0 Å². The van der Waals surface area contributed by atoms with Crippen molar-refractivity contribution in [2.75, 3.05) is 0 Å². The summed E-state index contributed by atoms with van der Waals surface area (Å²) in [6.45, 7) is 4.77. The SMILES string of the molecule is C[C@H]1CC[C@@H]2C3CC[C@@]4(C)[C@H]([C@@H]3CC[C@@H]2C1)[C@H](C1CC1)C[C@@H]4C(=O)Cn1ccc(C(F)(F)F)n1. The number of Topliss-reactive ketones (excluding diaryl/α,β-unsaturated/α-hetero) is 1. The molecule has 5 saturated carbocycles. The zero-order valence-corrected chi connectivity index (χ0v) is 20.6. The zero-order valence-electron chi connectivity index (χ0n) is 20.6. The Morgan fingerprint density at radius 2 is 1.74 bits per heavy atom. The van der Waals surface area contributed by atoms with Crippen LogP contribution in [0.25, 0.3) is 0 Å². The van der Waals surface area contributed by atoms with Crippen LogP contribution in [0, 0.1) is 58.7 Å². The van der Waals surface area contributed by atoms with E-state index < -0.39 is 11.9 Å². The molecule has 0 amide bonds. The Balaban J connectivity index is 1.24. The largest absolute Gasteiger partial charge is 0.435 e. The van der Waals surface area contributed by atoms with E-state index in [0.29, 0.717) is 11.8 Å². The summed E-state index contributed by atoms with van der Waals surface area (Å²) in [4.78, 5) is 13.6. The molecule has 0 N–H and O–H groups in total. The minimum atomic E-state index is -4.47. The van der Waals surface area contributed by atoms with E-state index in [4.69, 9.17) is 0 Å². The monoisotopic (exact) mass is 476 g/mol. The molecule has 9 atom stereocenters. The summed E-state index contributed by atoms with van der Waals surface area (Å²) in [6.07, 6.45) is 9.64. The van der Waals surface area contributed by atoms with Crippen LogP contribution < -0.4 is 0 Å². The summed E-state index contributed by atoms with van der Waals surface area (Å²) in [5.74, 6) is 6.35. The van der Waals surface area contributed by atoms with Gasteiger partial charge in [-0.05, 0) is 117 Å². The van der Waals surface area contributed by atoms with E-state index in [1.165, 1.54) is 62.2 Å².